The maximum atomic E-state index is 13.1. The smallest absolute Gasteiger partial charge is 0.253 e. The van der Waals surface area contributed by atoms with Gasteiger partial charge in [0.25, 0.3) is 10.0 Å². The fourth-order valence-corrected chi connectivity index (χ4v) is 7.62. The largest absolute Gasteiger partial charge is 0.328 e. The van der Waals surface area contributed by atoms with Crippen LogP contribution >= 0.6 is 11.3 Å². The van der Waals surface area contributed by atoms with E-state index < -0.39 is 16.1 Å². The van der Waals surface area contributed by atoms with Crippen molar-refractivity contribution in [1.29, 1.82) is 0 Å². The van der Waals surface area contributed by atoms with Crippen LogP contribution in [0.5, 0.6) is 0 Å². The summed E-state index contributed by atoms with van der Waals surface area (Å²) >= 11 is 1.24. The maximum absolute atomic E-state index is 13.1. The highest BCUT2D eigenvalue weighted by atomic mass is 32.2. The summed E-state index contributed by atoms with van der Waals surface area (Å²) in [6.07, 6.45) is 6.58. The first-order valence-electron chi connectivity index (χ1n) is 11.0. The zero-order valence-electron chi connectivity index (χ0n) is 18.0. The Bertz CT molecular complexity index is 1240. The quantitative estimate of drug-likeness (QED) is 0.610. The summed E-state index contributed by atoms with van der Waals surface area (Å²) in [4.78, 5) is 18.5. The monoisotopic (exact) mass is 470 g/mol. The standard InChI is InChI=1S/C23H26N4O3S2/c1-16-7-12-21(31-16)32(29,30)27-14-4-6-20(27)23(28)25-18-10-8-17(9-11-18)22-24-15-19-5-2-3-13-26(19)22/h7-12,15,20H,2-6,13-14H2,1H3,(H,25,28). The molecule has 0 aliphatic carbocycles. The molecular weight excluding hydrogens is 444 g/mol. The van der Waals surface area contributed by atoms with E-state index in [1.54, 1.807) is 12.1 Å². The van der Waals surface area contributed by atoms with Crippen molar-refractivity contribution in [2.75, 3.05) is 11.9 Å². The second-order valence-electron chi connectivity index (χ2n) is 8.39. The Labute approximate surface area is 192 Å². The molecular formula is C23H26N4O3S2. The van der Waals surface area contributed by atoms with Crippen LogP contribution in [0.2, 0.25) is 0 Å². The fourth-order valence-electron chi connectivity index (χ4n) is 4.55. The molecule has 0 bridgehead atoms. The molecule has 32 heavy (non-hydrogen) atoms. The molecule has 2 aliphatic heterocycles. The minimum Gasteiger partial charge on any atom is -0.328 e. The van der Waals surface area contributed by atoms with Gasteiger partial charge in [0.15, 0.2) is 0 Å². The summed E-state index contributed by atoms with van der Waals surface area (Å²) in [5.41, 5.74) is 2.93. The number of nitrogens with zero attached hydrogens (tertiary/aromatic N) is 3. The predicted octanol–water partition coefficient (Wildman–Crippen LogP) is 4.05. The molecule has 2 aliphatic rings. The number of hydrogen-bond donors (Lipinski definition) is 1. The third-order valence-corrected chi connectivity index (χ3v) is 9.57. The van der Waals surface area contributed by atoms with Crippen molar-refractivity contribution in [2.24, 2.45) is 0 Å². The van der Waals surface area contributed by atoms with Gasteiger partial charge in [-0.05, 0) is 75.4 Å². The van der Waals surface area contributed by atoms with Crippen LogP contribution in [0.25, 0.3) is 11.4 Å². The summed E-state index contributed by atoms with van der Waals surface area (Å²) in [6, 6.07) is 10.3. The molecule has 0 saturated carbocycles. The molecule has 1 atom stereocenters. The number of anilines is 1. The molecule has 1 fully saturated rings. The number of amides is 1. The number of sulfonamides is 1. The van der Waals surface area contributed by atoms with Crippen molar-refractivity contribution < 1.29 is 13.2 Å². The zero-order valence-corrected chi connectivity index (χ0v) is 19.6. The number of fused-ring (bicyclic) bond motifs is 1. The molecule has 9 heteroatoms. The van der Waals surface area contributed by atoms with Gasteiger partial charge in [-0.1, -0.05) is 0 Å². The highest BCUT2D eigenvalue weighted by Gasteiger charge is 2.40. The average molecular weight is 471 g/mol. The maximum Gasteiger partial charge on any atom is 0.253 e. The van der Waals surface area contributed by atoms with Crippen LogP contribution in [0.3, 0.4) is 0 Å². The highest BCUT2D eigenvalue weighted by molar-refractivity contribution is 7.91. The summed E-state index contributed by atoms with van der Waals surface area (Å²) in [7, 11) is -3.67. The Morgan fingerprint density at radius 2 is 1.91 bits per heavy atom. The molecule has 7 nitrogen and oxygen atoms in total. The van der Waals surface area contributed by atoms with E-state index in [4.69, 9.17) is 0 Å². The third kappa shape index (κ3) is 3.89. The minimum absolute atomic E-state index is 0.287. The molecule has 0 radical (unpaired) electrons. The second kappa shape index (κ2) is 8.46. The van der Waals surface area contributed by atoms with Crippen LogP contribution in [-0.2, 0) is 27.8 Å². The molecule has 1 saturated heterocycles. The molecule has 5 rings (SSSR count). The van der Waals surface area contributed by atoms with Gasteiger partial charge in [-0.3, -0.25) is 4.79 Å². The van der Waals surface area contributed by atoms with Gasteiger partial charge in [0.2, 0.25) is 5.91 Å². The van der Waals surface area contributed by atoms with Gasteiger partial charge in [0, 0.05) is 41.1 Å². The Kier molecular flexibility index (Phi) is 5.65. The number of thiophene rings is 1. The van der Waals surface area contributed by atoms with Crippen LogP contribution in [-0.4, -0.2) is 40.8 Å². The van der Waals surface area contributed by atoms with E-state index in [-0.39, 0.29) is 5.91 Å². The number of aryl methyl sites for hydroxylation is 2. The second-order valence-corrected chi connectivity index (χ2v) is 11.8. The van der Waals surface area contributed by atoms with Crippen LogP contribution in [0.1, 0.15) is 36.3 Å². The molecule has 1 N–H and O–H groups in total. The summed E-state index contributed by atoms with van der Waals surface area (Å²) in [5, 5.41) is 2.91. The number of imidazole rings is 1. The van der Waals surface area contributed by atoms with E-state index in [1.165, 1.54) is 27.8 Å². The number of nitrogens with one attached hydrogen (secondary N) is 1. The summed E-state index contributed by atoms with van der Waals surface area (Å²) in [5.74, 6) is 0.669. The molecule has 2 aromatic heterocycles. The summed E-state index contributed by atoms with van der Waals surface area (Å²) in [6.45, 7) is 3.22. The SMILES string of the molecule is Cc1ccc(S(=O)(=O)N2CCCC2C(=O)Nc2ccc(-c3ncc4n3CCCC4)cc2)s1. The normalized spacial score (nSPS) is 19.1. The van der Waals surface area contributed by atoms with Gasteiger partial charge in [0.1, 0.15) is 16.1 Å². The Balaban J connectivity index is 1.31. The number of hydrogen-bond acceptors (Lipinski definition) is 5. The lowest BCUT2D eigenvalue weighted by atomic mass is 10.1. The predicted molar refractivity (Wildman–Crippen MR) is 125 cm³/mol. The van der Waals surface area contributed by atoms with E-state index in [2.05, 4.69) is 14.9 Å². The lowest BCUT2D eigenvalue weighted by molar-refractivity contribution is -0.119. The van der Waals surface area contributed by atoms with Crippen molar-refractivity contribution in [3.63, 3.8) is 0 Å². The van der Waals surface area contributed by atoms with Crippen LogP contribution < -0.4 is 5.32 Å². The van der Waals surface area contributed by atoms with Crippen molar-refractivity contribution in [1.82, 2.24) is 13.9 Å². The Morgan fingerprint density at radius 3 is 2.66 bits per heavy atom. The first kappa shape index (κ1) is 21.4. The van der Waals surface area contributed by atoms with Crippen LogP contribution in [0.4, 0.5) is 5.69 Å². The molecule has 0 spiro atoms. The van der Waals surface area contributed by atoms with E-state index >= 15 is 0 Å². The lowest BCUT2D eigenvalue weighted by Crippen LogP contribution is -2.42. The molecule has 4 heterocycles. The van der Waals surface area contributed by atoms with Gasteiger partial charge in [-0.2, -0.15) is 4.31 Å². The number of aromatic nitrogens is 2. The minimum atomic E-state index is -3.67. The van der Waals surface area contributed by atoms with Crippen molar-refractivity contribution >= 4 is 33.0 Å². The van der Waals surface area contributed by atoms with Gasteiger partial charge >= 0.3 is 0 Å². The molecule has 3 aromatic rings. The lowest BCUT2D eigenvalue weighted by Gasteiger charge is -2.22. The van der Waals surface area contributed by atoms with Gasteiger partial charge in [-0.25, -0.2) is 13.4 Å². The molecule has 168 valence electrons. The topological polar surface area (TPSA) is 84.3 Å². The third-order valence-electron chi connectivity index (χ3n) is 6.20. The highest BCUT2D eigenvalue weighted by Crippen LogP contribution is 2.31. The zero-order chi connectivity index (χ0) is 22.3. The first-order chi connectivity index (χ1) is 15.4. The van der Waals surface area contributed by atoms with Gasteiger partial charge in [-0.15, -0.1) is 11.3 Å². The van der Waals surface area contributed by atoms with Crippen LogP contribution in [0, 0.1) is 6.92 Å². The van der Waals surface area contributed by atoms with Crippen LogP contribution in [0.15, 0.2) is 46.8 Å². The van der Waals surface area contributed by atoms with Crippen molar-refractivity contribution in [3.05, 3.63) is 53.2 Å². The summed E-state index contributed by atoms with van der Waals surface area (Å²) < 4.78 is 30.0. The average Bonchev–Trinajstić information content (AvgIpc) is 3.54. The first-order valence-corrected chi connectivity index (χ1v) is 13.2. The van der Waals surface area contributed by atoms with E-state index in [1.807, 2.05) is 37.4 Å². The van der Waals surface area contributed by atoms with Crippen molar-refractivity contribution in [3.8, 4) is 11.4 Å². The molecule has 1 amide bonds. The Hall–Kier alpha value is -2.49. The van der Waals surface area contributed by atoms with E-state index in [0.29, 0.717) is 29.3 Å². The molecule has 1 aromatic carbocycles. The Morgan fingerprint density at radius 1 is 1.09 bits per heavy atom. The van der Waals surface area contributed by atoms with E-state index in [9.17, 15) is 13.2 Å². The number of rotatable bonds is 5. The molecule has 1 unspecified atom stereocenters. The van der Waals surface area contributed by atoms with Gasteiger partial charge in [0.05, 0.1) is 0 Å². The fraction of sp³-hybridized carbons (Fsp3) is 0.391. The van der Waals surface area contributed by atoms with E-state index in [0.717, 1.165) is 35.7 Å². The number of benzene rings is 1. The number of carbonyl (C=O) groups excluding carboxylic acids is 1. The van der Waals surface area contributed by atoms with Gasteiger partial charge < -0.3 is 9.88 Å². The number of carbonyl (C=O) groups is 1. The van der Waals surface area contributed by atoms with Crippen molar-refractivity contribution in [2.45, 2.75) is 55.8 Å².